The molecule has 1 rings (SSSR count). The van der Waals surface area contributed by atoms with E-state index in [4.69, 9.17) is 24.8 Å². The van der Waals surface area contributed by atoms with Crippen LogP contribution in [-0.2, 0) is 12.6 Å². The summed E-state index contributed by atoms with van der Waals surface area (Å²) in [5.74, 6) is 0. The molecule has 1 aliphatic rings. The first-order valence-electron chi connectivity index (χ1n) is 3.76. The van der Waals surface area contributed by atoms with E-state index in [0.29, 0.717) is 10.4 Å². The van der Waals surface area contributed by atoms with Crippen LogP contribution in [0.4, 0.5) is 0 Å². The zero-order valence-electron chi connectivity index (χ0n) is 6.93. The lowest BCUT2D eigenvalue weighted by atomic mass is 9.96. The summed E-state index contributed by atoms with van der Waals surface area (Å²) in [5, 5.41) is 3.13. The third-order valence-electron chi connectivity index (χ3n) is 1.93. The molecule has 1 fully saturated rings. The molecular weight excluding hydrogens is 176 g/mol. The van der Waals surface area contributed by atoms with E-state index in [1.54, 1.807) is 0 Å². The van der Waals surface area contributed by atoms with Gasteiger partial charge in [0.2, 0.25) is 0 Å². The quantitative estimate of drug-likeness (QED) is 0.494. The van der Waals surface area contributed by atoms with Crippen LogP contribution in [-0.4, -0.2) is 10.4 Å². The Balaban J connectivity index is 0.000001000. The fraction of sp³-hybridized carbons (Fsp3) is 0.857. The fourth-order valence-electron chi connectivity index (χ4n) is 1.41. The molecule has 0 atom stereocenters. The molecule has 0 aromatic rings. The predicted octanol–water partition coefficient (Wildman–Crippen LogP) is 2.12. The first-order valence-corrected chi connectivity index (χ1v) is 4.58. The second-order valence-electron chi connectivity index (χ2n) is 2.77. The Hall–Kier alpha value is 0.0700. The monoisotopic (exact) mass is 192 g/mol. The Morgan fingerprint density at radius 1 is 1.27 bits per heavy atom. The molecule has 0 unspecified atom stereocenters. The Morgan fingerprint density at radius 2 is 1.82 bits per heavy atom. The van der Waals surface area contributed by atoms with Crippen molar-refractivity contribution in [2.24, 2.45) is 0 Å². The maximum atomic E-state index is 4.78. The number of nitrogens with one attached hydrogen (secondary N) is 1. The molecule has 0 amide bonds. The fourth-order valence-corrected chi connectivity index (χ4v) is 1.75. The van der Waals surface area contributed by atoms with Crippen LogP contribution >= 0.6 is 12.2 Å². The molecule has 66 valence electrons. The van der Waals surface area contributed by atoms with Crippen LogP contribution in [0.3, 0.4) is 0 Å². The summed E-state index contributed by atoms with van der Waals surface area (Å²) in [5.41, 5.74) is 0. The van der Waals surface area contributed by atoms with Gasteiger partial charge in [-0.05, 0) is 12.8 Å². The molecule has 0 radical (unpaired) electrons. The van der Waals surface area contributed by atoms with E-state index in [0.717, 1.165) is 0 Å². The molecule has 0 spiro atoms. The van der Waals surface area contributed by atoms with Gasteiger partial charge in [0.1, 0.15) is 0 Å². The molecule has 4 heteroatoms. The first-order chi connectivity index (χ1) is 4.79. The molecule has 1 saturated carbocycles. The Morgan fingerprint density at radius 3 is 2.27 bits per heavy atom. The third kappa shape index (κ3) is 4.50. The minimum atomic E-state index is 0. The maximum absolute atomic E-state index is 4.78. The van der Waals surface area contributed by atoms with Gasteiger partial charge in [0.25, 0.3) is 0 Å². The molecule has 0 bridgehead atoms. The van der Waals surface area contributed by atoms with E-state index in [1.807, 2.05) is 0 Å². The van der Waals surface area contributed by atoms with Gasteiger partial charge in [-0.1, -0.05) is 23.6 Å². The van der Waals surface area contributed by atoms with Crippen LogP contribution in [0.1, 0.15) is 32.1 Å². The van der Waals surface area contributed by atoms with E-state index in [1.165, 1.54) is 32.1 Å². The number of quaternary nitrogens is 1. The first kappa shape index (κ1) is 11.1. The molecule has 5 N–H and O–H groups in total. The standard InChI is InChI=1S/C7H13NS2.H3N/c9-7(10)8-6-4-2-1-3-5-6;/h6H,1-5H2,(H2,8,9,10);1H3. The lowest BCUT2D eigenvalue weighted by molar-refractivity contribution is 0.416. The number of hydrogen-bond acceptors (Lipinski definition) is 2. The van der Waals surface area contributed by atoms with Gasteiger partial charge in [-0.2, -0.15) is 0 Å². The Bertz CT molecular complexity index is 122. The van der Waals surface area contributed by atoms with Gasteiger partial charge >= 0.3 is 0 Å². The van der Waals surface area contributed by atoms with Crippen molar-refractivity contribution in [2.45, 2.75) is 38.1 Å². The normalized spacial score (nSPS) is 18.5. The second kappa shape index (κ2) is 5.69. The SMILES string of the molecule is S=C([S-])NC1CCCCC1.[NH4+]. The molecule has 0 saturated heterocycles. The van der Waals surface area contributed by atoms with E-state index in [2.05, 4.69) is 5.32 Å². The highest BCUT2D eigenvalue weighted by molar-refractivity contribution is 8.00. The van der Waals surface area contributed by atoms with E-state index >= 15 is 0 Å². The average Bonchev–Trinajstić information content (AvgIpc) is 1.88. The topological polar surface area (TPSA) is 48.5 Å². The summed E-state index contributed by atoms with van der Waals surface area (Å²) < 4.78 is 0.534. The maximum Gasteiger partial charge on any atom is 0.0246 e. The summed E-state index contributed by atoms with van der Waals surface area (Å²) >= 11 is 9.56. The number of thiocarbonyl (C=S) groups is 1. The molecule has 0 aromatic heterocycles. The van der Waals surface area contributed by atoms with E-state index < -0.39 is 0 Å². The molecule has 2 nitrogen and oxygen atoms in total. The van der Waals surface area contributed by atoms with Crippen molar-refractivity contribution in [1.29, 1.82) is 0 Å². The lowest BCUT2D eigenvalue weighted by Gasteiger charge is -2.25. The van der Waals surface area contributed by atoms with Crippen LogP contribution in [0.5, 0.6) is 0 Å². The summed E-state index contributed by atoms with van der Waals surface area (Å²) in [6.45, 7) is 0. The van der Waals surface area contributed by atoms with E-state index in [9.17, 15) is 0 Å². The van der Waals surface area contributed by atoms with Crippen molar-refractivity contribution in [3.63, 3.8) is 0 Å². The molecule has 0 aromatic carbocycles. The zero-order chi connectivity index (χ0) is 7.40. The van der Waals surface area contributed by atoms with Gasteiger partial charge in [0, 0.05) is 6.04 Å². The smallest absolute Gasteiger partial charge is 0.0246 e. The third-order valence-corrected chi connectivity index (χ3v) is 2.16. The van der Waals surface area contributed by atoms with Gasteiger partial charge < -0.3 is 36.3 Å². The van der Waals surface area contributed by atoms with E-state index in [-0.39, 0.29) is 6.15 Å². The Labute approximate surface area is 79.1 Å². The van der Waals surface area contributed by atoms with Crippen molar-refractivity contribution >= 4 is 29.2 Å². The molecule has 0 heterocycles. The second-order valence-corrected chi connectivity index (χ2v) is 3.84. The number of rotatable bonds is 1. The molecule has 11 heavy (non-hydrogen) atoms. The van der Waals surface area contributed by atoms with Crippen LogP contribution in [0.2, 0.25) is 0 Å². The molecular formula is C7H16N2S2. The van der Waals surface area contributed by atoms with Gasteiger partial charge in [0.15, 0.2) is 0 Å². The van der Waals surface area contributed by atoms with Gasteiger partial charge in [0.05, 0.1) is 0 Å². The van der Waals surface area contributed by atoms with Crippen LogP contribution in [0, 0.1) is 0 Å². The summed E-state index contributed by atoms with van der Waals surface area (Å²) in [6.07, 6.45) is 6.53. The zero-order valence-corrected chi connectivity index (χ0v) is 8.56. The van der Waals surface area contributed by atoms with Gasteiger partial charge in [-0.3, -0.25) is 0 Å². The van der Waals surface area contributed by atoms with Crippen LogP contribution in [0.25, 0.3) is 0 Å². The largest absolute Gasteiger partial charge is 0.412 e. The minimum Gasteiger partial charge on any atom is -0.412 e. The highest BCUT2D eigenvalue weighted by atomic mass is 32.1. The van der Waals surface area contributed by atoms with Crippen molar-refractivity contribution in [3.05, 3.63) is 0 Å². The summed E-state index contributed by atoms with van der Waals surface area (Å²) in [4.78, 5) is 0. The molecule has 0 aliphatic heterocycles. The van der Waals surface area contributed by atoms with Crippen molar-refractivity contribution in [3.8, 4) is 0 Å². The minimum absolute atomic E-state index is 0. The highest BCUT2D eigenvalue weighted by Gasteiger charge is 2.10. The summed E-state index contributed by atoms with van der Waals surface area (Å²) in [7, 11) is 0. The average molecular weight is 192 g/mol. The Kier molecular flexibility index (Phi) is 5.72. The van der Waals surface area contributed by atoms with Gasteiger partial charge in [-0.25, -0.2) is 0 Å². The lowest BCUT2D eigenvalue weighted by Crippen LogP contribution is -2.33. The van der Waals surface area contributed by atoms with Crippen molar-refractivity contribution < 1.29 is 0 Å². The van der Waals surface area contributed by atoms with Gasteiger partial charge in [-0.15, -0.1) is 0 Å². The number of hydrogen-bond donors (Lipinski definition) is 2. The predicted molar refractivity (Wildman–Crippen MR) is 56.0 cm³/mol. The van der Waals surface area contributed by atoms with Crippen molar-refractivity contribution in [1.82, 2.24) is 11.5 Å². The molecule has 1 aliphatic carbocycles. The van der Waals surface area contributed by atoms with Crippen molar-refractivity contribution in [2.75, 3.05) is 0 Å². The highest BCUT2D eigenvalue weighted by Crippen LogP contribution is 2.16. The summed E-state index contributed by atoms with van der Waals surface area (Å²) in [6, 6.07) is 0.582. The van der Waals surface area contributed by atoms with Crippen LogP contribution in [0.15, 0.2) is 0 Å². The van der Waals surface area contributed by atoms with Crippen LogP contribution < -0.4 is 11.5 Å².